The summed E-state index contributed by atoms with van der Waals surface area (Å²) >= 11 is 0. The third kappa shape index (κ3) is 2.57. The SMILES string of the molecule is CC[C@@](C)(OC(C)=O)C(=O)O. The van der Waals surface area contributed by atoms with Gasteiger partial charge in [0.1, 0.15) is 0 Å². The number of hydrogen-bond acceptors (Lipinski definition) is 3. The standard InChI is InChI=1S/C7H12O4/c1-4-7(3,6(9)10)11-5(2)8/h4H2,1-3H3,(H,9,10)/t7-/m1/s1. The van der Waals surface area contributed by atoms with Gasteiger partial charge in [-0.25, -0.2) is 4.79 Å². The van der Waals surface area contributed by atoms with E-state index in [9.17, 15) is 9.59 Å². The van der Waals surface area contributed by atoms with Crippen LogP contribution in [0.2, 0.25) is 0 Å². The zero-order valence-electron chi connectivity index (χ0n) is 6.88. The number of carboxylic acids is 1. The zero-order chi connectivity index (χ0) is 9.07. The zero-order valence-corrected chi connectivity index (χ0v) is 6.88. The number of rotatable bonds is 3. The predicted molar refractivity (Wildman–Crippen MR) is 38.1 cm³/mol. The molecule has 0 aliphatic carbocycles. The van der Waals surface area contributed by atoms with Crippen molar-refractivity contribution < 1.29 is 19.4 Å². The summed E-state index contributed by atoms with van der Waals surface area (Å²) in [6.07, 6.45) is 0.266. The van der Waals surface area contributed by atoms with Crippen LogP contribution in [0.3, 0.4) is 0 Å². The Kier molecular flexibility index (Phi) is 3.04. The summed E-state index contributed by atoms with van der Waals surface area (Å²) in [5.41, 5.74) is -1.37. The van der Waals surface area contributed by atoms with Crippen molar-refractivity contribution in [1.82, 2.24) is 0 Å². The van der Waals surface area contributed by atoms with Crippen LogP contribution in [0.5, 0.6) is 0 Å². The summed E-state index contributed by atoms with van der Waals surface area (Å²) in [4.78, 5) is 20.9. The van der Waals surface area contributed by atoms with E-state index in [-0.39, 0.29) is 6.42 Å². The fraction of sp³-hybridized carbons (Fsp3) is 0.714. The topological polar surface area (TPSA) is 63.6 Å². The van der Waals surface area contributed by atoms with E-state index in [1.54, 1.807) is 6.92 Å². The third-order valence-corrected chi connectivity index (χ3v) is 1.50. The number of carbonyl (C=O) groups excluding carboxylic acids is 1. The van der Waals surface area contributed by atoms with Gasteiger partial charge >= 0.3 is 11.9 Å². The molecule has 0 spiro atoms. The molecule has 0 aliphatic rings. The molecule has 64 valence electrons. The van der Waals surface area contributed by atoms with Crippen LogP contribution in [0.15, 0.2) is 0 Å². The molecule has 0 rings (SSSR count). The van der Waals surface area contributed by atoms with Crippen molar-refractivity contribution in [3.05, 3.63) is 0 Å². The molecular weight excluding hydrogens is 148 g/mol. The van der Waals surface area contributed by atoms with Gasteiger partial charge in [0.2, 0.25) is 5.60 Å². The summed E-state index contributed by atoms with van der Waals surface area (Å²) in [5, 5.41) is 8.60. The third-order valence-electron chi connectivity index (χ3n) is 1.50. The average Bonchev–Trinajstić information content (AvgIpc) is 1.86. The molecule has 0 radical (unpaired) electrons. The van der Waals surface area contributed by atoms with E-state index < -0.39 is 17.5 Å². The van der Waals surface area contributed by atoms with Crippen LogP contribution < -0.4 is 0 Å². The summed E-state index contributed by atoms with van der Waals surface area (Å²) in [6.45, 7) is 4.21. The lowest BCUT2D eigenvalue weighted by molar-refractivity contribution is -0.175. The Balaban J connectivity index is 4.34. The second-order valence-corrected chi connectivity index (χ2v) is 2.48. The highest BCUT2D eigenvalue weighted by molar-refractivity contribution is 5.80. The minimum absolute atomic E-state index is 0.266. The Bertz CT molecular complexity index is 175. The molecule has 0 amide bonds. The fourth-order valence-corrected chi connectivity index (χ4v) is 0.584. The van der Waals surface area contributed by atoms with Crippen LogP contribution in [0.25, 0.3) is 0 Å². The van der Waals surface area contributed by atoms with Crippen molar-refractivity contribution in [3.63, 3.8) is 0 Å². The Labute approximate surface area is 65.2 Å². The number of carbonyl (C=O) groups is 2. The molecule has 0 aromatic rings. The van der Waals surface area contributed by atoms with Gasteiger partial charge in [0.05, 0.1) is 0 Å². The van der Waals surface area contributed by atoms with Crippen molar-refractivity contribution in [2.75, 3.05) is 0 Å². The first-order valence-electron chi connectivity index (χ1n) is 3.35. The van der Waals surface area contributed by atoms with Crippen LogP contribution >= 0.6 is 0 Å². The summed E-state index contributed by atoms with van der Waals surface area (Å²) < 4.78 is 4.61. The summed E-state index contributed by atoms with van der Waals surface area (Å²) in [5.74, 6) is -1.69. The van der Waals surface area contributed by atoms with Crippen LogP contribution in [-0.2, 0) is 14.3 Å². The first kappa shape index (κ1) is 9.94. The van der Waals surface area contributed by atoms with Gasteiger partial charge < -0.3 is 9.84 Å². The van der Waals surface area contributed by atoms with Gasteiger partial charge in [-0.2, -0.15) is 0 Å². The quantitative estimate of drug-likeness (QED) is 0.620. The number of hydrogen-bond donors (Lipinski definition) is 1. The predicted octanol–water partition coefficient (Wildman–Crippen LogP) is 0.803. The van der Waals surface area contributed by atoms with Gasteiger partial charge in [-0.1, -0.05) is 6.92 Å². The first-order chi connectivity index (χ1) is 4.92. The summed E-state index contributed by atoms with van der Waals surface area (Å²) in [7, 11) is 0. The van der Waals surface area contributed by atoms with Crippen molar-refractivity contribution in [2.45, 2.75) is 32.8 Å². The maximum Gasteiger partial charge on any atom is 0.347 e. The van der Waals surface area contributed by atoms with E-state index in [0.29, 0.717) is 0 Å². The van der Waals surface area contributed by atoms with Gasteiger partial charge in [0.25, 0.3) is 0 Å². The minimum Gasteiger partial charge on any atom is -0.478 e. The Morgan fingerprint density at radius 2 is 2.00 bits per heavy atom. The van der Waals surface area contributed by atoms with E-state index in [1.807, 2.05) is 0 Å². The van der Waals surface area contributed by atoms with Gasteiger partial charge in [0.15, 0.2) is 0 Å². The Morgan fingerprint density at radius 1 is 1.55 bits per heavy atom. The second kappa shape index (κ2) is 3.37. The van der Waals surface area contributed by atoms with E-state index in [4.69, 9.17) is 5.11 Å². The number of esters is 1. The van der Waals surface area contributed by atoms with Crippen molar-refractivity contribution in [2.24, 2.45) is 0 Å². The van der Waals surface area contributed by atoms with E-state index in [2.05, 4.69) is 4.74 Å². The lowest BCUT2D eigenvalue weighted by atomic mass is 10.0. The van der Waals surface area contributed by atoms with Crippen LogP contribution in [0.4, 0.5) is 0 Å². The van der Waals surface area contributed by atoms with Crippen molar-refractivity contribution >= 4 is 11.9 Å². The molecule has 0 unspecified atom stereocenters. The number of ether oxygens (including phenoxy) is 1. The molecular formula is C7H12O4. The van der Waals surface area contributed by atoms with E-state index in [0.717, 1.165) is 0 Å². The van der Waals surface area contributed by atoms with Crippen molar-refractivity contribution in [3.8, 4) is 0 Å². The molecule has 0 aliphatic heterocycles. The van der Waals surface area contributed by atoms with Gasteiger partial charge in [0, 0.05) is 6.92 Å². The lowest BCUT2D eigenvalue weighted by Crippen LogP contribution is -2.39. The molecule has 0 saturated heterocycles. The molecule has 4 nitrogen and oxygen atoms in total. The molecule has 0 aromatic heterocycles. The molecule has 11 heavy (non-hydrogen) atoms. The number of carboxylic acid groups (broad SMARTS) is 1. The molecule has 0 saturated carbocycles. The summed E-state index contributed by atoms with van der Waals surface area (Å²) in [6, 6.07) is 0. The normalized spacial score (nSPS) is 15.2. The van der Waals surface area contributed by atoms with E-state index >= 15 is 0 Å². The molecule has 0 bridgehead atoms. The molecule has 0 aromatic carbocycles. The highest BCUT2D eigenvalue weighted by Gasteiger charge is 2.34. The maximum atomic E-state index is 10.5. The van der Waals surface area contributed by atoms with Crippen LogP contribution in [-0.4, -0.2) is 22.6 Å². The minimum atomic E-state index is -1.37. The Hall–Kier alpha value is -1.06. The number of aliphatic carboxylic acids is 1. The first-order valence-corrected chi connectivity index (χ1v) is 3.35. The molecule has 1 N–H and O–H groups in total. The lowest BCUT2D eigenvalue weighted by Gasteiger charge is -2.22. The monoisotopic (exact) mass is 160 g/mol. The highest BCUT2D eigenvalue weighted by atomic mass is 16.6. The van der Waals surface area contributed by atoms with Gasteiger partial charge in [-0.15, -0.1) is 0 Å². The van der Waals surface area contributed by atoms with Crippen LogP contribution in [0.1, 0.15) is 27.2 Å². The highest BCUT2D eigenvalue weighted by Crippen LogP contribution is 2.15. The smallest absolute Gasteiger partial charge is 0.347 e. The maximum absolute atomic E-state index is 10.5. The fourth-order valence-electron chi connectivity index (χ4n) is 0.584. The largest absolute Gasteiger partial charge is 0.478 e. The molecule has 0 fully saturated rings. The second-order valence-electron chi connectivity index (χ2n) is 2.48. The van der Waals surface area contributed by atoms with Gasteiger partial charge in [-0.3, -0.25) is 4.79 Å². The molecule has 1 atom stereocenters. The molecule has 0 heterocycles. The van der Waals surface area contributed by atoms with Crippen molar-refractivity contribution in [1.29, 1.82) is 0 Å². The molecule has 4 heteroatoms. The average molecular weight is 160 g/mol. The Morgan fingerprint density at radius 3 is 2.09 bits per heavy atom. The van der Waals surface area contributed by atoms with E-state index in [1.165, 1.54) is 13.8 Å². The van der Waals surface area contributed by atoms with Gasteiger partial charge in [-0.05, 0) is 13.3 Å². The van der Waals surface area contributed by atoms with Crippen LogP contribution in [0, 0.1) is 0 Å².